The molecule has 0 unspecified atom stereocenters. The van der Waals surface area contributed by atoms with Crippen molar-refractivity contribution in [3.8, 4) is 0 Å². The second kappa shape index (κ2) is 7.57. The number of hydrogen-bond acceptors (Lipinski definition) is 6. The molecular formula is C7H15NO6S. The molecule has 1 N–H and O–H groups in total. The fourth-order valence-corrected chi connectivity index (χ4v) is 1.40. The summed E-state index contributed by atoms with van der Waals surface area (Å²) in [5, 5.41) is 0. The smallest absolute Gasteiger partial charge is 0.306 e. The molecule has 0 aromatic carbocycles. The summed E-state index contributed by atoms with van der Waals surface area (Å²) in [7, 11) is -0.937. The molecule has 0 saturated heterocycles. The molecule has 0 saturated carbocycles. The zero-order chi connectivity index (χ0) is 11.7. The van der Waals surface area contributed by atoms with Gasteiger partial charge in [0.15, 0.2) is 0 Å². The van der Waals surface area contributed by atoms with Crippen LogP contribution in [-0.4, -0.2) is 47.6 Å². The highest BCUT2D eigenvalue weighted by atomic mass is 32.2. The molecule has 0 amide bonds. The maximum absolute atomic E-state index is 11.1. The molecule has 0 aliphatic rings. The molecule has 0 aromatic heterocycles. The van der Waals surface area contributed by atoms with Crippen LogP contribution in [0.5, 0.6) is 0 Å². The van der Waals surface area contributed by atoms with Crippen LogP contribution < -0.4 is 4.89 Å². The van der Waals surface area contributed by atoms with Crippen LogP contribution >= 0.6 is 0 Å². The minimum Gasteiger partial charge on any atom is -0.469 e. The number of esters is 1. The number of hydrogen-bond donors (Lipinski definition) is 1. The van der Waals surface area contributed by atoms with E-state index in [0.29, 0.717) is 0 Å². The van der Waals surface area contributed by atoms with E-state index in [9.17, 15) is 13.2 Å². The van der Waals surface area contributed by atoms with Gasteiger partial charge in [-0.05, 0) is 0 Å². The number of rotatable bonds is 8. The monoisotopic (exact) mass is 241 g/mol. The molecule has 0 rings (SSSR count). The third-order valence-corrected chi connectivity index (χ3v) is 2.49. The van der Waals surface area contributed by atoms with Gasteiger partial charge in [0.05, 0.1) is 32.5 Å². The van der Waals surface area contributed by atoms with Crippen molar-refractivity contribution in [3.63, 3.8) is 0 Å². The molecule has 0 atom stereocenters. The highest BCUT2D eigenvalue weighted by molar-refractivity contribution is 7.89. The van der Waals surface area contributed by atoms with Gasteiger partial charge in [0.25, 0.3) is 0 Å². The first-order valence-electron chi connectivity index (χ1n) is 4.19. The average molecular weight is 241 g/mol. The Morgan fingerprint density at radius 3 is 2.47 bits per heavy atom. The standard InChI is InChI=1S/C7H15NO6S/c1-12-4-5-14-8-15(10,11)6-3-7(9)13-2/h8H,3-6H2,1-2H3. The Morgan fingerprint density at radius 1 is 1.27 bits per heavy atom. The van der Waals surface area contributed by atoms with E-state index in [-0.39, 0.29) is 25.4 Å². The summed E-state index contributed by atoms with van der Waals surface area (Å²) in [6.45, 7) is 0.382. The predicted octanol–water partition coefficient (Wildman–Crippen LogP) is -0.953. The Balaban J connectivity index is 3.73. The van der Waals surface area contributed by atoms with Crippen molar-refractivity contribution in [2.45, 2.75) is 6.42 Å². The van der Waals surface area contributed by atoms with E-state index in [1.807, 2.05) is 4.89 Å². The van der Waals surface area contributed by atoms with Gasteiger partial charge in [-0.2, -0.15) is 0 Å². The zero-order valence-electron chi connectivity index (χ0n) is 8.69. The van der Waals surface area contributed by atoms with Crippen molar-refractivity contribution >= 4 is 16.0 Å². The van der Waals surface area contributed by atoms with Crippen LogP contribution in [0.15, 0.2) is 0 Å². The van der Waals surface area contributed by atoms with Crippen molar-refractivity contribution in [1.29, 1.82) is 0 Å². The van der Waals surface area contributed by atoms with E-state index in [0.717, 1.165) is 0 Å². The fraction of sp³-hybridized carbons (Fsp3) is 0.857. The van der Waals surface area contributed by atoms with Crippen LogP contribution in [0.4, 0.5) is 0 Å². The van der Waals surface area contributed by atoms with Gasteiger partial charge < -0.3 is 9.47 Å². The van der Waals surface area contributed by atoms with Gasteiger partial charge in [-0.3, -0.25) is 9.63 Å². The number of methoxy groups -OCH3 is 2. The third kappa shape index (κ3) is 8.30. The van der Waals surface area contributed by atoms with Crippen LogP contribution in [-0.2, 0) is 29.1 Å². The Morgan fingerprint density at radius 2 is 1.93 bits per heavy atom. The Bertz CT molecular complexity index is 275. The lowest BCUT2D eigenvalue weighted by atomic mass is 10.5. The van der Waals surface area contributed by atoms with Crippen LogP contribution in [0.2, 0.25) is 0 Å². The summed E-state index contributed by atoms with van der Waals surface area (Å²) in [6.07, 6.45) is -0.209. The SMILES string of the molecule is COCCONS(=O)(=O)CCC(=O)OC. The lowest BCUT2D eigenvalue weighted by Crippen LogP contribution is -2.29. The molecule has 0 aliphatic heterocycles. The summed E-state index contributed by atoms with van der Waals surface area (Å²) >= 11 is 0. The first-order valence-corrected chi connectivity index (χ1v) is 5.84. The quantitative estimate of drug-likeness (QED) is 0.334. The zero-order valence-corrected chi connectivity index (χ0v) is 9.50. The van der Waals surface area contributed by atoms with Crippen molar-refractivity contribution in [2.24, 2.45) is 0 Å². The Kier molecular flexibility index (Phi) is 7.22. The van der Waals surface area contributed by atoms with E-state index in [2.05, 4.69) is 14.3 Å². The van der Waals surface area contributed by atoms with E-state index < -0.39 is 16.0 Å². The van der Waals surface area contributed by atoms with E-state index in [1.165, 1.54) is 14.2 Å². The van der Waals surface area contributed by atoms with E-state index >= 15 is 0 Å². The molecule has 0 aliphatic carbocycles. The molecule has 0 radical (unpaired) electrons. The number of carbonyl (C=O) groups excluding carboxylic acids is 1. The lowest BCUT2D eigenvalue weighted by molar-refractivity contribution is -0.140. The molecule has 0 fully saturated rings. The molecule has 0 bridgehead atoms. The van der Waals surface area contributed by atoms with Gasteiger partial charge in [0, 0.05) is 7.11 Å². The second-order valence-corrected chi connectivity index (χ2v) is 4.37. The number of nitrogens with one attached hydrogen (secondary N) is 1. The van der Waals surface area contributed by atoms with Gasteiger partial charge in [0.2, 0.25) is 10.0 Å². The summed E-state index contributed by atoms with van der Waals surface area (Å²) in [6, 6.07) is 0. The highest BCUT2D eigenvalue weighted by Crippen LogP contribution is 1.91. The molecule has 90 valence electrons. The van der Waals surface area contributed by atoms with Crippen LogP contribution in [0.25, 0.3) is 0 Å². The van der Waals surface area contributed by atoms with Crippen LogP contribution in [0, 0.1) is 0 Å². The molecule has 0 aromatic rings. The van der Waals surface area contributed by atoms with Gasteiger partial charge in [0.1, 0.15) is 0 Å². The molecule has 8 heteroatoms. The van der Waals surface area contributed by atoms with E-state index in [4.69, 9.17) is 0 Å². The van der Waals surface area contributed by atoms with Gasteiger partial charge >= 0.3 is 5.97 Å². The topological polar surface area (TPSA) is 90.9 Å². The van der Waals surface area contributed by atoms with E-state index in [1.54, 1.807) is 0 Å². The number of carbonyl (C=O) groups is 1. The van der Waals surface area contributed by atoms with Crippen LogP contribution in [0.3, 0.4) is 0 Å². The first-order chi connectivity index (χ1) is 7.02. The minimum absolute atomic E-state index is 0.105. The summed E-state index contributed by atoms with van der Waals surface area (Å²) in [4.78, 5) is 17.1. The maximum Gasteiger partial charge on any atom is 0.306 e. The second-order valence-electron chi connectivity index (χ2n) is 2.57. The van der Waals surface area contributed by atoms with Crippen molar-refractivity contribution in [2.75, 3.05) is 33.2 Å². The maximum atomic E-state index is 11.1. The average Bonchev–Trinajstić information content (AvgIpc) is 2.21. The largest absolute Gasteiger partial charge is 0.469 e. The lowest BCUT2D eigenvalue weighted by Gasteiger charge is -2.05. The minimum atomic E-state index is -3.60. The summed E-state index contributed by atoms with van der Waals surface area (Å²) in [5.74, 6) is -0.954. The molecular weight excluding hydrogens is 226 g/mol. The van der Waals surface area contributed by atoms with Gasteiger partial charge in [-0.1, -0.05) is 4.89 Å². The van der Waals surface area contributed by atoms with Crippen LogP contribution in [0.1, 0.15) is 6.42 Å². The summed E-state index contributed by atoms with van der Waals surface area (Å²) in [5.41, 5.74) is 0. The molecule has 7 nitrogen and oxygen atoms in total. The Hall–Kier alpha value is -0.700. The third-order valence-electron chi connectivity index (χ3n) is 1.38. The molecule has 15 heavy (non-hydrogen) atoms. The number of sulfonamides is 1. The molecule has 0 spiro atoms. The van der Waals surface area contributed by atoms with Crippen molar-refractivity contribution in [1.82, 2.24) is 4.89 Å². The van der Waals surface area contributed by atoms with Crippen molar-refractivity contribution < 1.29 is 27.5 Å². The van der Waals surface area contributed by atoms with Crippen molar-refractivity contribution in [3.05, 3.63) is 0 Å². The van der Waals surface area contributed by atoms with Gasteiger partial charge in [-0.25, -0.2) is 8.42 Å². The first kappa shape index (κ1) is 14.3. The predicted molar refractivity (Wildman–Crippen MR) is 51.4 cm³/mol. The van der Waals surface area contributed by atoms with Gasteiger partial charge in [-0.15, -0.1) is 0 Å². The summed E-state index contributed by atoms with van der Waals surface area (Å²) < 4.78 is 31.2. The highest BCUT2D eigenvalue weighted by Gasteiger charge is 2.13. The molecule has 0 heterocycles. The number of ether oxygens (including phenoxy) is 2. The Labute approximate surface area is 88.7 Å². The normalized spacial score (nSPS) is 11.3. The fourth-order valence-electron chi connectivity index (χ4n) is 0.618.